The van der Waals surface area contributed by atoms with Gasteiger partial charge < -0.3 is 10.6 Å². The number of rotatable bonds is 3. The van der Waals surface area contributed by atoms with Gasteiger partial charge in [-0.3, -0.25) is 0 Å². The summed E-state index contributed by atoms with van der Waals surface area (Å²) >= 11 is 1.73. The molecule has 0 heterocycles. The topological polar surface area (TPSA) is 41.1 Å². The molecule has 2 atom stereocenters. The second kappa shape index (κ2) is 5.65. The molecule has 0 radical (unpaired) electrons. The summed E-state index contributed by atoms with van der Waals surface area (Å²) in [6.07, 6.45) is 0.322. The summed E-state index contributed by atoms with van der Waals surface area (Å²) < 4.78 is 35.4. The summed E-state index contributed by atoms with van der Waals surface area (Å²) in [6, 6.07) is -0.727. The molecular weight excluding hydrogens is 241 g/mol. The Morgan fingerprint density at radius 2 is 2.12 bits per heavy atom. The molecule has 0 aromatic heterocycles. The number of urea groups is 1. The van der Waals surface area contributed by atoms with Crippen LogP contribution in [0, 0.1) is 0 Å². The van der Waals surface area contributed by atoms with Crippen LogP contribution in [-0.2, 0) is 0 Å². The van der Waals surface area contributed by atoms with Crippen molar-refractivity contribution < 1.29 is 18.0 Å². The molecule has 2 unspecified atom stereocenters. The van der Waals surface area contributed by atoms with E-state index in [9.17, 15) is 18.0 Å². The van der Waals surface area contributed by atoms with E-state index in [2.05, 4.69) is 5.32 Å². The Labute approximate surface area is 96.5 Å². The number of hydrogen-bond acceptors (Lipinski definition) is 2. The van der Waals surface area contributed by atoms with Crippen molar-refractivity contribution in [3.05, 3.63) is 0 Å². The van der Waals surface area contributed by atoms with Crippen molar-refractivity contribution in [3.63, 3.8) is 0 Å². The monoisotopic (exact) mass is 256 g/mol. The van der Waals surface area contributed by atoms with Crippen molar-refractivity contribution in [1.82, 2.24) is 10.6 Å². The van der Waals surface area contributed by atoms with Gasteiger partial charge in [0.15, 0.2) is 0 Å². The van der Waals surface area contributed by atoms with Crippen molar-refractivity contribution >= 4 is 17.8 Å². The van der Waals surface area contributed by atoms with Crippen LogP contribution in [0.5, 0.6) is 0 Å². The minimum atomic E-state index is -4.35. The van der Waals surface area contributed by atoms with Gasteiger partial charge in [0.05, 0.1) is 0 Å². The largest absolute Gasteiger partial charge is 0.405 e. The van der Waals surface area contributed by atoms with Crippen LogP contribution < -0.4 is 10.6 Å². The van der Waals surface area contributed by atoms with E-state index in [1.165, 1.54) is 0 Å². The zero-order valence-corrected chi connectivity index (χ0v) is 9.75. The Kier molecular flexibility index (Phi) is 4.76. The van der Waals surface area contributed by atoms with E-state index in [-0.39, 0.29) is 6.04 Å². The molecule has 0 aromatic rings. The number of nitrogens with one attached hydrogen (secondary N) is 2. The predicted octanol–water partition coefficient (Wildman–Crippen LogP) is 2.13. The van der Waals surface area contributed by atoms with E-state index >= 15 is 0 Å². The van der Waals surface area contributed by atoms with Crippen molar-refractivity contribution in [1.29, 1.82) is 0 Å². The smallest absolute Gasteiger partial charge is 0.335 e. The highest BCUT2D eigenvalue weighted by Gasteiger charge is 2.29. The normalized spacial score (nSPS) is 25.5. The van der Waals surface area contributed by atoms with Crippen molar-refractivity contribution in [2.45, 2.75) is 36.7 Å². The predicted molar refractivity (Wildman–Crippen MR) is 57.5 cm³/mol. The fraction of sp³-hybridized carbons (Fsp3) is 0.889. The molecule has 0 bridgehead atoms. The van der Waals surface area contributed by atoms with Crippen LogP contribution in [-0.4, -0.2) is 36.3 Å². The fourth-order valence-corrected chi connectivity index (χ4v) is 2.50. The summed E-state index contributed by atoms with van der Waals surface area (Å²) in [6.45, 7) is -1.28. The molecule has 1 aliphatic carbocycles. The summed E-state index contributed by atoms with van der Waals surface area (Å²) in [5, 5.41) is 4.86. The van der Waals surface area contributed by atoms with Crippen molar-refractivity contribution in [2.24, 2.45) is 0 Å². The lowest BCUT2D eigenvalue weighted by molar-refractivity contribution is -0.122. The Morgan fingerprint density at radius 1 is 1.44 bits per heavy atom. The highest BCUT2D eigenvalue weighted by molar-refractivity contribution is 7.99. The fourth-order valence-electron chi connectivity index (χ4n) is 1.70. The molecule has 94 valence electrons. The molecule has 16 heavy (non-hydrogen) atoms. The zero-order valence-electron chi connectivity index (χ0n) is 8.93. The average molecular weight is 256 g/mol. The third-order valence-corrected chi connectivity index (χ3v) is 3.60. The van der Waals surface area contributed by atoms with Gasteiger partial charge in [0.2, 0.25) is 0 Å². The van der Waals surface area contributed by atoms with Crippen LogP contribution >= 0.6 is 11.8 Å². The van der Waals surface area contributed by atoms with Crippen LogP contribution in [0.2, 0.25) is 0 Å². The number of hydrogen-bond donors (Lipinski definition) is 2. The zero-order chi connectivity index (χ0) is 12.2. The van der Waals surface area contributed by atoms with E-state index < -0.39 is 18.8 Å². The van der Waals surface area contributed by atoms with Crippen molar-refractivity contribution in [2.75, 3.05) is 12.8 Å². The quantitative estimate of drug-likeness (QED) is 0.812. The van der Waals surface area contributed by atoms with Gasteiger partial charge in [0.25, 0.3) is 0 Å². The van der Waals surface area contributed by atoms with Crippen LogP contribution in [0.3, 0.4) is 0 Å². The molecule has 7 heteroatoms. The first-order valence-electron chi connectivity index (χ1n) is 5.04. The second-order valence-electron chi connectivity index (χ2n) is 3.81. The van der Waals surface area contributed by atoms with Gasteiger partial charge >= 0.3 is 12.2 Å². The van der Waals surface area contributed by atoms with Gasteiger partial charge in [-0.25, -0.2) is 4.79 Å². The number of carbonyl (C=O) groups excluding carboxylic acids is 1. The van der Waals surface area contributed by atoms with Gasteiger partial charge in [-0.15, -0.1) is 0 Å². The molecule has 2 amide bonds. The third-order valence-electron chi connectivity index (χ3n) is 2.50. The van der Waals surface area contributed by atoms with Gasteiger partial charge in [-0.2, -0.15) is 24.9 Å². The average Bonchev–Trinajstić information content (AvgIpc) is 2.61. The van der Waals surface area contributed by atoms with Gasteiger partial charge in [-0.1, -0.05) is 0 Å². The molecule has 0 aromatic carbocycles. The molecule has 3 nitrogen and oxygen atoms in total. The molecule has 1 fully saturated rings. The maximum Gasteiger partial charge on any atom is 0.405 e. The maximum absolute atomic E-state index is 11.8. The lowest BCUT2D eigenvalue weighted by Crippen LogP contribution is -2.44. The van der Waals surface area contributed by atoms with E-state index in [0.717, 1.165) is 19.3 Å². The standard InChI is InChI=1S/C9H15F3N2OS/c1-16-7-3-2-6(4-7)14-8(15)13-5-9(10,11)12/h6-7H,2-5H2,1H3,(H2,13,14,15). The number of thioether (sulfide) groups is 1. The first kappa shape index (κ1) is 13.5. The van der Waals surface area contributed by atoms with Gasteiger partial charge in [0.1, 0.15) is 6.54 Å². The van der Waals surface area contributed by atoms with Gasteiger partial charge in [-0.05, 0) is 25.5 Å². The molecular formula is C9H15F3N2OS. The SMILES string of the molecule is CSC1CCC(NC(=O)NCC(F)(F)F)C1. The van der Waals surface area contributed by atoms with Gasteiger partial charge in [0, 0.05) is 11.3 Å². The number of amides is 2. The number of halogens is 3. The molecule has 2 N–H and O–H groups in total. The summed E-state index contributed by atoms with van der Waals surface area (Å²) in [7, 11) is 0. The molecule has 0 spiro atoms. The van der Waals surface area contributed by atoms with Crippen LogP contribution in [0.4, 0.5) is 18.0 Å². The number of alkyl halides is 3. The molecule has 1 saturated carbocycles. The van der Waals surface area contributed by atoms with Crippen LogP contribution in [0.1, 0.15) is 19.3 Å². The molecule has 1 aliphatic rings. The summed E-state index contributed by atoms with van der Waals surface area (Å²) in [5.74, 6) is 0. The Hall–Kier alpha value is -0.590. The first-order chi connectivity index (χ1) is 7.40. The van der Waals surface area contributed by atoms with E-state index in [1.807, 2.05) is 6.26 Å². The summed E-state index contributed by atoms with van der Waals surface area (Å²) in [5.41, 5.74) is 0. The Bertz CT molecular complexity index is 247. The summed E-state index contributed by atoms with van der Waals surface area (Å²) in [4.78, 5) is 11.1. The highest BCUT2D eigenvalue weighted by atomic mass is 32.2. The van der Waals surface area contributed by atoms with E-state index in [1.54, 1.807) is 17.1 Å². The lowest BCUT2D eigenvalue weighted by Gasteiger charge is -2.14. The van der Waals surface area contributed by atoms with E-state index in [0.29, 0.717) is 5.25 Å². The van der Waals surface area contributed by atoms with E-state index in [4.69, 9.17) is 0 Å². The molecule has 1 rings (SSSR count). The first-order valence-corrected chi connectivity index (χ1v) is 6.33. The minimum absolute atomic E-state index is 0.00526. The van der Waals surface area contributed by atoms with Crippen LogP contribution in [0.25, 0.3) is 0 Å². The second-order valence-corrected chi connectivity index (χ2v) is 4.95. The Balaban J connectivity index is 2.20. The lowest BCUT2D eigenvalue weighted by atomic mass is 10.2. The van der Waals surface area contributed by atoms with Crippen molar-refractivity contribution in [3.8, 4) is 0 Å². The Morgan fingerprint density at radius 3 is 2.62 bits per heavy atom. The van der Waals surface area contributed by atoms with Crippen LogP contribution in [0.15, 0.2) is 0 Å². The maximum atomic E-state index is 11.8. The molecule has 0 saturated heterocycles. The number of carbonyl (C=O) groups is 1. The minimum Gasteiger partial charge on any atom is -0.335 e. The molecule has 0 aliphatic heterocycles. The third kappa shape index (κ3) is 4.96. The highest BCUT2D eigenvalue weighted by Crippen LogP contribution is 2.27.